The average Bonchev–Trinajstić information content (AvgIpc) is 3.24. The van der Waals surface area contributed by atoms with Crippen molar-refractivity contribution in [3.05, 3.63) is 71.9 Å². The Bertz CT molecular complexity index is 1280. The van der Waals surface area contributed by atoms with Gasteiger partial charge in [0.2, 0.25) is 0 Å². The summed E-state index contributed by atoms with van der Waals surface area (Å²) in [6.45, 7) is 1.23. The minimum atomic E-state index is -3.71. The normalized spacial score (nSPS) is 20.5. The monoisotopic (exact) mass is 485 g/mol. The fraction of sp³-hybridized carbons (Fsp3) is 0.375. The van der Waals surface area contributed by atoms with Crippen LogP contribution in [-0.4, -0.2) is 56.8 Å². The molecule has 3 heterocycles. The Balaban J connectivity index is 1.34. The molecule has 10 heteroatoms. The predicted molar refractivity (Wildman–Crippen MR) is 127 cm³/mol. The molecule has 0 amide bonds. The number of hydrogen-bond acceptors (Lipinski definition) is 6. The van der Waals surface area contributed by atoms with Crippen LogP contribution in [0.4, 0.5) is 10.1 Å². The molecule has 1 aromatic heterocycles. The first-order valence-electron chi connectivity index (χ1n) is 11.3. The van der Waals surface area contributed by atoms with E-state index in [9.17, 15) is 8.42 Å². The Hall–Kier alpha value is -2.95. The summed E-state index contributed by atoms with van der Waals surface area (Å²) in [6.07, 6.45) is 3.70. The molecule has 0 radical (unpaired) electrons. The van der Waals surface area contributed by atoms with E-state index in [2.05, 4.69) is 27.2 Å². The Morgan fingerprint density at radius 1 is 1.21 bits per heavy atom. The molecule has 2 aliphatic rings. The first-order chi connectivity index (χ1) is 16.3. The van der Waals surface area contributed by atoms with Crippen LogP contribution in [0.3, 0.4) is 0 Å². The number of halogens is 1. The fourth-order valence-corrected chi connectivity index (χ4v) is 5.89. The van der Waals surface area contributed by atoms with Gasteiger partial charge in [-0.1, -0.05) is 30.3 Å². The van der Waals surface area contributed by atoms with Crippen LogP contribution in [0, 0.1) is 5.82 Å². The number of rotatable bonds is 7. The third kappa shape index (κ3) is 4.40. The summed E-state index contributed by atoms with van der Waals surface area (Å²) in [5, 5.41) is 3.32. The van der Waals surface area contributed by atoms with Crippen molar-refractivity contribution < 1.29 is 17.5 Å². The van der Waals surface area contributed by atoms with Gasteiger partial charge in [0.1, 0.15) is 18.2 Å². The maximum absolute atomic E-state index is 15.0. The van der Waals surface area contributed by atoms with E-state index in [1.165, 1.54) is 24.2 Å². The van der Waals surface area contributed by atoms with E-state index >= 15 is 4.39 Å². The quantitative estimate of drug-likeness (QED) is 0.533. The standard InChI is InChI=1S/C24H28FN5O3S/c1-26-21-14-33-23-10-20(25)22(9-19(23)18(21)8-16-6-4-3-5-7-16)30-11-17(12-30)28-34(31,32)24-13-29(2)15-27-24/h3-7,9-10,13,15,17-18,21,26,28H,8,11-12,14H2,1-2H3/t18-,21+/m0/s1. The van der Waals surface area contributed by atoms with E-state index < -0.39 is 10.0 Å². The van der Waals surface area contributed by atoms with E-state index in [4.69, 9.17) is 4.74 Å². The summed E-state index contributed by atoms with van der Waals surface area (Å²) in [6, 6.07) is 13.3. The van der Waals surface area contributed by atoms with Gasteiger partial charge in [0.15, 0.2) is 5.03 Å². The van der Waals surface area contributed by atoms with Gasteiger partial charge < -0.3 is 19.5 Å². The van der Waals surface area contributed by atoms with E-state index in [-0.39, 0.29) is 28.8 Å². The number of nitrogens with one attached hydrogen (secondary N) is 2. The number of likely N-dealkylation sites (N-methyl/N-ethyl adjacent to an activating group) is 1. The van der Waals surface area contributed by atoms with Gasteiger partial charge in [-0.2, -0.15) is 0 Å². The summed E-state index contributed by atoms with van der Waals surface area (Å²) < 4.78 is 50.2. The van der Waals surface area contributed by atoms with Crippen LogP contribution in [0.1, 0.15) is 17.0 Å². The Labute approximate surface area is 198 Å². The number of aryl methyl sites for hydroxylation is 1. The van der Waals surface area contributed by atoms with Gasteiger partial charge in [-0.05, 0) is 25.1 Å². The van der Waals surface area contributed by atoms with E-state index in [0.717, 1.165) is 12.0 Å². The van der Waals surface area contributed by atoms with Gasteiger partial charge in [-0.25, -0.2) is 22.5 Å². The lowest BCUT2D eigenvalue weighted by atomic mass is 9.83. The number of aromatic nitrogens is 2. The summed E-state index contributed by atoms with van der Waals surface area (Å²) in [7, 11) is -0.0908. The molecule has 8 nitrogen and oxygen atoms in total. The van der Waals surface area contributed by atoms with Crippen molar-refractivity contribution in [2.24, 2.45) is 7.05 Å². The Morgan fingerprint density at radius 3 is 2.65 bits per heavy atom. The minimum Gasteiger partial charge on any atom is -0.492 e. The number of anilines is 1. The lowest BCUT2D eigenvalue weighted by Crippen LogP contribution is -2.59. The number of imidazole rings is 1. The van der Waals surface area contributed by atoms with Crippen molar-refractivity contribution in [1.29, 1.82) is 0 Å². The number of hydrogen-bond donors (Lipinski definition) is 2. The van der Waals surface area contributed by atoms with Gasteiger partial charge >= 0.3 is 0 Å². The molecule has 2 aromatic carbocycles. The van der Waals surface area contributed by atoms with Gasteiger partial charge in [0.25, 0.3) is 10.0 Å². The molecule has 34 heavy (non-hydrogen) atoms. The number of sulfonamides is 1. The third-order valence-corrected chi connectivity index (χ3v) is 7.96. The van der Waals surface area contributed by atoms with Crippen molar-refractivity contribution in [1.82, 2.24) is 19.6 Å². The topological polar surface area (TPSA) is 88.5 Å². The fourth-order valence-electron chi connectivity index (χ4n) is 4.69. The SMILES string of the molecule is CN[C@@H]1COc2cc(F)c(N3CC(NS(=O)(=O)c4cn(C)cn4)C3)cc2[C@@H]1Cc1ccccc1. The van der Waals surface area contributed by atoms with Crippen molar-refractivity contribution >= 4 is 15.7 Å². The van der Waals surface area contributed by atoms with Crippen LogP contribution < -0.4 is 19.7 Å². The smallest absolute Gasteiger partial charge is 0.259 e. The number of fused-ring (bicyclic) bond motifs is 1. The second-order valence-corrected chi connectivity index (χ2v) is 10.6. The highest BCUT2D eigenvalue weighted by Crippen LogP contribution is 2.40. The van der Waals surface area contributed by atoms with Crippen LogP contribution in [-0.2, 0) is 23.5 Å². The van der Waals surface area contributed by atoms with Gasteiger partial charge in [-0.15, -0.1) is 0 Å². The van der Waals surface area contributed by atoms with E-state index in [0.29, 0.717) is 31.1 Å². The molecule has 5 rings (SSSR count). The second kappa shape index (κ2) is 9.01. The predicted octanol–water partition coefficient (Wildman–Crippen LogP) is 2.03. The van der Waals surface area contributed by atoms with Crippen LogP contribution in [0.5, 0.6) is 5.75 Å². The van der Waals surface area contributed by atoms with E-state index in [1.807, 2.05) is 36.2 Å². The largest absolute Gasteiger partial charge is 0.492 e. The van der Waals surface area contributed by atoms with Crippen molar-refractivity contribution in [2.45, 2.75) is 29.4 Å². The number of ether oxygens (including phenoxy) is 1. The number of nitrogens with zero attached hydrogens (tertiary/aromatic N) is 3. The van der Waals surface area contributed by atoms with Gasteiger partial charge in [0.05, 0.1) is 18.1 Å². The maximum Gasteiger partial charge on any atom is 0.259 e. The maximum atomic E-state index is 15.0. The van der Waals surface area contributed by atoms with Gasteiger partial charge in [0, 0.05) is 49.9 Å². The molecule has 2 N–H and O–H groups in total. The third-order valence-electron chi connectivity index (χ3n) is 6.55. The molecule has 0 unspecified atom stereocenters. The summed E-state index contributed by atoms with van der Waals surface area (Å²) in [5.74, 6) is 0.322. The highest BCUT2D eigenvalue weighted by atomic mass is 32.2. The highest BCUT2D eigenvalue weighted by Gasteiger charge is 2.36. The average molecular weight is 486 g/mol. The zero-order chi connectivity index (χ0) is 23.9. The number of benzene rings is 2. The lowest BCUT2D eigenvalue weighted by molar-refractivity contribution is 0.218. The zero-order valence-electron chi connectivity index (χ0n) is 19.1. The Morgan fingerprint density at radius 2 is 1.97 bits per heavy atom. The summed E-state index contributed by atoms with van der Waals surface area (Å²) in [4.78, 5) is 5.77. The van der Waals surface area contributed by atoms with Crippen molar-refractivity contribution in [3.63, 3.8) is 0 Å². The molecule has 2 aliphatic heterocycles. The molecule has 3 aromatic rings. The van der Waals surface area contributed by atoms with Gasteiger partial charge in [-0.3, -0.25) is 0 Å². The van der Waals surface area contributed by atoms with Crippen LogP contribution in [0.2, 0.25) is 0 Å². The molecular formula is C24H28FN5O3S. The van der Waals surface area contributed by atoms with E-state index in [1.54, 1.807) is 11.6 Å². The molecule has 0 saturated carbocycles. The molecule has 0 spiro atoms. The van der Waals surface area contributed by atoms with Crippen molar-refractivity contribution in [2.75, 3.05) is 31.6 Å². The zero-order valence-corrected chi connectivity index (χ0v) is 19.9. The highest BCUT2D eigenvalue weighted by molar-refractivity contribution is 7.89. The minimum absolute atomic E-state index is 0.0209. The molecule has 1 fully saturated rings. The molecule has 180 valence electrons. The lowest BCUT2D eigenvalue weighted by Gasteiger charge is -2.42. The van der Waals surface area contributed by atoms with Crippen molar-refractivity contribution in [3.8, 4) is 5.75 Å². The van der Waals surface area contributed by atoms with Crippen LogP contribution in [0.25, 0.3) is 0 Å². The Kier molecular flexibility index (Phi) is 6.05. The first-order valence-corrected chi connectivity index (χ1v) is 12.7. The van der Waals surface area contributed by atoms with Crippen LogP contribution >= 0.6 is 0 Å². The first kappa shape index (κ1) is 22.8. The van der Waals surface area contributed by atoms with Crippen LogP contribution in [0.15, 0.2) is 60.0 Å². The molecule has 0 aliphatic carbocycles. The summed E-state index contributed by atoms with van der Waals surface area (Å²) >= 11 is 0. The second-order valence-electron chi connectivity index (χ2n) is 8.94. The molecular weight excluding hydrogens is 457 g/mol. The molecule has 2 atom stereocenters. The molecule has 1 saturated heterocycles. The summed E-state index contributed by atoms with van der Waals surface area (Å²) in [5.41, 5.74) is 2.63. The molecule has 0 bridgehead atoms.